The zero-order chi connectivity index (χ0) is 18.9. The van der Waals surface area contributed by atoms with Crippen LogP contribution in [0.15, 0.2) is 36.5 Å². The number of hydrogen-bond donors (Lipinski definition) is 1. The fraction of sp³-hybridized carbons (Fsp3) is 0.400. The number of benzene rings is 1. The Balaban J connectivity index is 1.39. The maximum Gasteiger partial charge on any atom is 0.257 e. The minimum Gasteiger partial charge on any atom is -0.356 e. The van der Waals surface area contributed by atoms with Gasteiger partial charge in [0.25, 0.3) is 5.91 Å². The first-order valence-electron chi connectivity index (χ1n) is 9.11. The molecule has 0 atom stereocenters. The number of aromatic nitrogens is 1. The minimum atomic E-state index is -0.396. The summed E-state index contributed by atoms with van der Waals surface area (Å²) in [6, 6.07) is 9.06. The Kier molecular flexibility index (Phi) is 5.04. The molecule has 2 aliphatic rings. The standard InChI is InChI=1S/C20H22ClN3O3/c1-14-12-16(21)3-4-17(14)23-19(25)15-2-5-18(22-13-15)24-8-6-20(7-9-24)26-10-11-27-20/h2-5,12-13H,6-11H2,1H3,(H,23,25). The number of piperidine rings is 1. The first-order chi connectivity index (χ1) is 13.0. The third kappa shape index (κ3) is 3.93. The Morgan fingerprint density at radius 3 is 2.56 bits per heavy atom. The van der Waals surface area contributed by atoms with E-state index in [1.165, 1.54) is 0 Å². The molecule has 1 aromatic carbocycles. The van der Waals surface area contributed by atoms with Crippen molar-refractivity contribution in [2.45, 2.75) is 25.6 Å². The number of rotatable bonds is 3. The number of amides is 1. The van der Waals surface area contributed by atoms with Gasteiger partial charge in [-0.1, -0.05) is 11.6 Å². The summed E-state index contributed by atoms with van der Waals surface area (Å²) < 4.78 is 11.5. The molecule has 1 N–H and O–H groups in total. The van der Waals surface area contributed by atoms with Gasteiger partial charge in [-0.2, -0.15) is 0 Å². The van der Waals surface area contributed by atoms with Crippen LogP contribution in [0.25, 0.3) is 0 Å². The molecule has 0 unspecified atom stereocenters. The van der Waals surface area contributed by atoms with E-state index in [0.717, 1.165) is 43.0 Å². The number of carbonyl (C=O) groups is 1. The highest BCUT2D eigenvalue weighted by molar-refractivity contribution is 6.30. The van der Waals surface area contributed by atoms with E-state index in [9.17, 15) is 4.79 Å². The molecule has 6 nitrogen and oxygen atoms in total. The number of halogens is 1. The molecule has 2 aliphatic heterocycles. The van der Waals surface area contributed by atoms with E-state index < -0.39 is 5.79 Å². The molecule has 2 aromatic rings. The highest BCUT2D eigenvalue weighted by Crippen LogP contribution is 2.32. The van der Waals surface area contributed by atoms with E-state index >= 15 is 0 Å². The summed E-state index contributed by atoms with van der Waals surface area (Å²) in [7, 11) is 0. The Bertz CT molecular complexity index is 825. The Morgan fingerprint density at radius 2 is 1.93 bits per heavy atom. The van der Waals surface area contributed by atoms with E-state index in [1.54, 1.807) is 24.4 Å². The fourth-order valence-corrected chi connectivity index (χ4v) is 3.76. The number of nitrogens with zero attached hydrogens (tertiary/aromatic N) is 2. The van der Waals surface area contributed by atoms with E-state index in [1.807, 2.05) is 19.1 Å². The number of hydrogen-bond acceptors (Lipinski definition) is 5. The van der Waals surface area contributed by atoms with Gasteiger partial charge < -0.3 is 19.7 Å². The summed E-state index contributed by atoms with van der Waals surface area (Å²) in [5.74, 6) is 0.277. The molecule has 0 saturated carbocycles. The van der Waals surface area contributed by atoms with Gasteiger partial charge in [0.1, 0.15) is 5.82 Å². The van der Waals surface area contributed by atoms with E-state index in [4.69, 9.17) is 21.1 Å². The Morgan fingerprint density at radius 1 is 1.19 bits per heavy atom. The first-order valence-corrected chi connectivity index (χ1v) is 9.49. The van der Waals surface area contributed by atoms with Crippen LogP contribution in [0.2, 0.25) is 5.02 Å². The predicted molar refractivity (Wildman–Crippen MR) is 104 cm³/mol. The highest BCUT2D eigenvalue weighted by atomic mass is 35.5. The average Bonchev–Trinajstić information content (AvgIpc) is 3.13. The molecule has 1 aromatic heterocycles. The van der Waals surface area contributed by atoms with Crippen LogP contribution >= 0.6 is 11.6 Å². The van der Waals surface area contributed by atoms with Gasteiger partial charge in [0.2, 0.25) is 0 Å². The molecule has 142 valence electrons. The van der Waals surface area contributed by atoms with Crippen molar-refractivity contribution >= 4 is 29.0 Å². The van der Waals surface area contributed by atoms with Gasteiger partial charge in [0.05, 0.1) is 18.8 Å². The van der Waals surface area contributed by atoms with Crippen LogP contribution in [0.1, 0.15) is 28.8 Å². The molecule has 3 heterocycles. The Labute approximate surface area is 163 Å². The number of anilines is 2. The third-order valence-electron chi connectivity index (χ3n) is 5.11. The van der Waals surface area contributed by atoms with Crippen molar-refractivity contribution in [1.82, 2.24) is 4.98 Å². The number of nitrogens with one attached hydrogen (secondary N) is 1. The monoisotopic (exact) mass is 387 g/mol. The van der Waals surface area contributed by atoms with Gasteiger partial charge >= 0.3 is 0 Å². The lowest BCUT2D eigenvalue weighted by atomic mass is 10.0. The zero-order valence-corrected chi connectivity index (χ0v) is 16.0. The van der Waals surface area contributed by atoms with Crippen molar-refractivity contribution in [2.75, 3.05) is 36.5 Å². The van der Waals surface area contributed by atoms with Gasteiger partial charge in [0, 0.05) is 42.8 Å². The smallest absolute Gasteiger partial charge is 0.257 e. The van der Waals surface area contributed by atoms with Crippen molar-refractivity contribution in [3.63, 3.8) is 0 Å². The van der Waals surface area contributed by atoms with Crippen LogP contribution in [0, 0.1) is 6.92 Å². The van der Waals surface area contributed by atoms with E-state index in [0.29, 0.717) is 23.8 Å². The normalized spacial score (nSPS) is 18.7. The second-order valence-electron chi connectivity index (χ2n) is 6.91. The number of pyridine rings is 1. The van der Waals surface area contributed by atoms with Crippen LogP contribution in [-0.2, 0) is 9.47 Å². The lowest BCUT2D eigenvalue weighted by Crippen LogP contribution is -2.45. The first kappa shape index (κ1) is 18.2. The summed E-state index contributed by atoms with van der Waals surface area (Å²) in [4.78, 5) is 19.2. The van der Waals surface area contributed by atoms with E-state index in [2.05, 4.69) is 15.2 Å². The molecule has 0 radical (unpaired) electrons. The van der Waals surface area contributed by atoms with Crippen LogP contribution in [0.3, 0.4) is 0 Å². The van der Waals surface area contributed by atoms with Gasteiger partial charge in [0.15, 0.2) is 5.79 Å². The third-order valence-corrected chi connectivity index (χ3v) is 5.34. The molecule has 0 aliphatic carbocycles. The highest BCUT2D eigenvalue weighted by Gasteiger charge is 2.40. The molecule has 1 spiro atoms. The van der Waals surface area contributed by atoms with Crippen LogP contribution < -0.4 is 10.2 Å². The second-order valence-corrected chi connectivity index (χ2v) is 7.35. The van der Waals surface area contributed by atoms with Gasteiger partial charge in [-0.25, -0.2) is 4.98 Å². The maximum atomic E-state index is 12.5. The van der Waals surface area contributed by atoms with Crippen molar-refractivity contribution < 1.29 is 14.3 Å². The number of ether oxygens (including phenoxy) is 2. The lowest BCUT2D eigenvalue weighted by Gasteiger charge is -2.38. The second kappa shape index (κ2) is 7.46. The molecule has 1 amide bonds. The summed E-state index contributed by atoms with van der Waals surface area (Å²) in [6.45, 7) is 4.90. The largest absolute Gasteiger partial charge is 0.356 e. The van der Waals surface area contributed by atoms with Crippen LogP contribution in [0.5, 0.6) is 0 Å². The van der Waals surface area contributed by atoms with Gasteiger partial charge in [-0.05, 0) is 42.8 Å². The molecule has 2 fully saturated rings. The Hall–Kier alpha value is -2.15. The number of carbonyl (C=O) groups excluding carboxylic acids is 1. The number of aryl methyl sites for hydroxylation is 1. The summed E-state index contributed by atoms with van der Waals surface area (Å²) >= 11 is 5.96. The van der Waals surface area contributed by atoms with E-state index in [-0.39, 0.29) is 5.91 Å². The molecule has 2 saturated heterocycles. The molecule has 7 heteroatoms. The molecule has 27 heavy (non-hydrogen) atoms. The fourth-order valence-electron chi connectivity index (χ4n) is 3.53. The van der Waals surface area contributed by atoms with Crippen molar-refractivity contribution in [2.24, 2.45) is 0 Å². The SMILES string of the molecule is Cc1cc(Cl)ccc1NC(=O)c1ccc(N2CCC3(CC2)OCCO3)nc1. The van der Waals surface area contributed by atoms with Gasteiger partial charge in [-0.15, -0.1) is 0 Å². The average molecular weight is 388 g/mol. The summed E-state index contributed by atoms with van der Waals surface area (Å²) in [5.41, 5.74) is 2.18. The van der Waals surface area contributed by atoms with Gasteiger partial charge in [-0.3, -0.25) is 4.79 Å². The summed E-state index contributed by atoms with van der Waals surface area (Å²) in [5, 5.41) is 3.55. The lowest BCUT2D eigenvalue weighted by molar-refractivity contribution is -0.169. The minimum absolute atomic E-state index is 0.190. The molecular formula is C20H22ClN3O3. The van der Waals surface area contributed by atoms with Crippen LogP contribution in [-0.4, -0.2) is 43.0 Å². The maximum absolute atomic E-state index is 12.5. The topological polar surface area (TPSA) is 63.7 Å². The molecular weight excluding hydrogens is 366 g/mol. The van der Waals surface area contributed by atoms with Crippen molar-refractivity contribution in [3.8, 4) is 0 Å². The predicted octanol–water partition coefficient (Wildman–Crippen LogP) is 3.64. The summed E-state index contributed by atoms with van der Waals surface area (Å²) in [6.07, 6.45) is 3.27. The van der Waals surface area contributed by atoms with Crippen LogP contribution in [0.4, 0.5) is 11.5 Å². The zero-order valence-electron chi connectivity index (χ0n) is 15.2. The van der Waals surface area contributed by atoms with Crippen molar-refractivity contribution in [1.29, 1.82) is 0 Å². The molecule has 4 rings (SSSR count). The molecule has 0 bridgehead atoms. The van der Waals surface area contributed by atoms with Crippen molar-refractivity contribution in [3.05, 3.63) is 52.7 Å². The quantitative estimate of drug-likeness (QED) is 0.871.